The van der Waals surface area contributed by atoms with Crippen molar-refractivity contribution in [3.63, 3.8) is 0 Å². The summed E-state index contributed by atoms with van der Waals surface area (Å²) < 4.78 is 23.6. The maximum absolute atomic E-state index is 11.3. The van der Waals surface area contributed by atoms with Crippen LogP contribution in [-0.2, 0) is 9.84 Å². The molecule has 2 heterocycles. The summed E-state index contributed by atoms with van der Waals surface area (Å²) in [6.07, 6.45) is 4.57. The number of rotatable bonds is 3. The number of aromatic carboxylic acids is 1. The number of sulfone groups is 1. The Morgan fingerprint density at radius 2 is 2.17 bits per heavy atom. The minimum absolute atomic E-state index is 0.0236. The molecule has 0 fully saturated rings. The molecular weight excluding hydrogens is 260 g/mol. The van der Waals surface area contributed by atoms with Gasteiger partial charge < -0.3 is 5.11 Å². The van der Waals surface area contributed by atoms with Crippen molar-refractivity contribution in [1.29, 1.82) is 0 Å². The van der Waals surface area contributed by atoms with Gasteiger partial charge in [-0.15, -0.1) is 5.10 Å². The van der Waals surface area contributed by atoms with E-state index in [1.54, 1.807) is 0 Å². The highest BCUT2D eigenvalue weighted by atomic mass is 32.2. The first-order valence-electron chi connectivity index (χ1n) is 4.69. The highest BCUT2D eigenvalue weighted by Crippen LogP contribution is 2.13. The van der Waals surface area contributed by atoms with Gasteiger partial charge in [-0.2, -0.15) is 10.2 Å². The molecule has 0 atom stereocenters. The van der Waals surface area contributed by atoms with Crippen molar-refractivity contribution in [3.05, 3.63) is 30.2 Å². The Labute approximate surface area is 102 Å². The zero-order chi connectivity index (χ0) is 13.3. The van der Waals surface area contributed by atoms with Gasteiger partial charge in [0.25, 0.3) is 0 Å². The molecule has 0 bridgehead atoms. The Bertz CT molecular complexity index is 707. The average molecular weight is 268 g/mol. The highest BCUT2D eigenvalue weighted by Gasteiger charge is 2.16. The fourth-order valence-electron chi connectivity index (χ4n) is 1.27. The summed E-state index contributed by atoms with van der Waals surface area (Å²) in [6.45, 7) is 0. The zero-order valence-corrected chi connectivity index (χ0v) is 9.99. The summed E-state index contributed by atoms with van der Waals surface area (Å²) in [5, 5.41) is 19.9. The van der Waals surface area contributed by atoms with E-state index in [9.17, 15) is 13.2 Å². The van der Waals surface area contributed by atoms with E-state index in [1.807, 2.05) is 0 Å². The topological polar surface area (TPSA) is 115 Å². The maximum Gasteiger partial charge on any atom is 0.339 e. The number of nitrogens with zero attached hydrogens (tertiary/aromatic N) is 4. The monoisotopic (exact) mass is 268 g/mol. The molecule has 0 radical (unpaired) electrons. The van der Waals surface area contributed by atoms with Crippen LogP contribution in [0.1, 0.15) is 10.4 Å². The van der Waals surface area contributed by atoms with Crippen LogP contribution in [0.3, 0.4) is 0 Å². The summed E-state index contributed by atoms with van der Waals surface area (Å²) in [4.78, 5) is 10.9. The van der Waals surface area contributed by atoms with Crippen LogP contribution in [0.25, 0.3) is 5.82 Å². The largest absolute Gasteiger partial charge is 0.478 e. The minimum atomic E-state index is -3.40. The second kappa shape index (κ2) is 4.18. The quantitative estimate of drug-likeness (QED) is 0.816. The molecule has 0 aliphatic heterocycles. The number of carboxylic acids is 1. The normalized spacial score (nSPS) is 11.4. The number of hydrogen-bond acceptors (Lipinski definition) is 6. The van der Waals surface area contributed by atoms with E-state index in [0.29, 0.717) is 0 Å². The Hall–Kier alpha value is -2.29. The van der Waals surface area contributed by atoms with E-state index < -0.39 is 15.8 Å². The van der Waals surface area contributed by atoms with Crippen LogP contribution in [0, 0.1) is 0 Å². The van der Waals surface area contributed by atoms with Crippen LogP contribution in [-0.4, -0.2) is 45.7 Å². The fraction of sp³-hybridized carbons (Fsp3) is 0.111. The molecule has 9 heteroatoms. The van der Waals surface area contributed by atoms with E-state index >= 15 is 0 Å². The molecular formula is C9H8N4O4S. The van der Waals surface area contributed by atoms with Crippen molar-refractivity contribution < 1.29 is 18.3 Å². The van der Waals surface area contributed by atoms with Crippen LogP contribution < -0.4 is 0 Å². The van der Waals surface area contributed by atoms with Crippen molar-refractivity contribution in [3.8, 4) is 5.82 Å². The molecule has 0 saturated carbocycles. The van der Waals surface area contributed by atoms with Gasteiger partial charge in [0.2, 0.25) is 0 Å². The molecule has 2 aromatic rings. The van der Waals surface area contributed by atoms with Crippen molar-refractivity contribution >= 4 is 15.8 Å². The van der Waals surface area contributed by atoms with E-state index in [4.69, 9.17) is 5.11 Å². The van der Waals surface area contributed by atoms with Crippen LogP contribution >= 0.6 is 0 Å². The predicted molar refractivity (Wildman–Crippen MR) is 59.2 cm³/mol. The SMILES string of the molecule is CS(=O)(=O)c1cnn(-c2nnccc2C(=O)O)c1. The number of aromatic nitrogens is 4. The average Bonchev–Trinajstić information content (AvgIpc) is 2.77. The van der Waals surface area contributed by atoms with E-state index in [2.05, 4.69) is 15.3 Å². The van der Waals surface area contributed by atoms with Gasteiger partial charge in [0.1, 0.15) is 10.5 Å². The third-order valence-corrected chi connectivity index (χ3v) is 3.20. The lowest BCUT2D eigenvalue weighted by molar-refractivity contribution is 0.0696. The van der Waals surface area contributed by atoms with E-state index in [-0.39, 0.29) is 16.3 Å². The third-order valence-electron chi connectivity index (χ3n) is 2.14. The van der Waals surface area contributed by atoms with Crippen LogP contribution in [0.2, 0.25) is 0 Å². The van der Waals surface area contributed by atoms with Gasteiger partial charge in [0.05, 0.1) is 18.6 Å². The summed E-state index contributed by atoms with van der Waals surface area (Å²) in [6, 6.07) is 1.26. The molecule has 18 heavy (non-hydrogen) atoms. The maximum atomic E-state index is 11.3. The van der Waals surface area contributed by atoms with Gasteiger partial charge >= 0.3 is 5.97 Å². The lowest BCUT2D eigenvalue weighted by Gasteiger charge is -2.02. The van der Waals surface area contributed by atoms with Crippen LogP contribution in [0.5, 0.6) is 0 Å². The van der Waals surface area contributed by atoms with Gasteiger partial charge in [-0.1, -0.05) is 0 Å². The van der Waals surface area contributed by atoms with Crippen molar-refractivity contribution in [1.82, 2.24) is 20.0 Å². The molecule has 0 unspecified atom stereocenters. The molecule has 0 aliphatic carbocycles. The van der Waals surface area contributed by atoms with Gasteiger partial charge in [-0.25, -0.2) is 17.9 Å². The summed E-state index contributed by atoms with van der Waals surface area (Å²) in [7, 11) is -3.40. The molecule has 0 aliphatic rings. The molecule has 0 amide bonds. The third kappa shape index (κ3) is 2.20. The van der Waals surface area contributed by atoms with Gasteiger partial charge in [0.15, 0.2) is 15.7 Å². The molecule has 1 N–H and O–H groups in total. The Balaban J connectivity index is 2.57. The molecule has 2 rings (SSSR count). The second-order valence-corrected chi connectivity index (χ2v) is 5.48. The first-order chi connectivity index (χ1) is 8.39. The molecule has 0 saturated heterocycles. The van der Waals surface area contributed by atoms with Crippen molar-refractivity contribution in [2.24, 2.45) is 0 Å². The van der Waals surface area contributed by atoms with Crippen molar-refractivity contribution in [2.75, 3.05) is 6.26 Å². The van der Waals surface area contributed by atoms with Crippen molar-refractivity contribution in [2.45, 2.75) is 4.90 Å². The summed E-state index contributed by atoms with van der Waals surface area (Å²) in [5.41, 5.74) is -0.117. The van der Waals surface area contributed by atoms with Gasteiger partial charge in [-0.3, -0.25) is 0 Å². The Morgan fingerprint density at radius 1 is 1.44 bits per heavy atom. The molecule has 0 spiro atoms. The van der Waals surface area contributed by atoms with Gasteiger partial charge in [-0.05, 0) is 6.07 Å². The lowest BCUT2D eigenvalue weighted by atomic mass is 10.3. The van der Waals surface area contributed by atoms with E-state index in [0.717, 1.165) is 17.1 Å². The number of carboxylic acid groups (broad SMARTS) is 1. The Morgan fingerprint density at radius 3 is 2.72 bits per heavy atom. The first-order valence-corrected chi connectivity index (χ1v) is 6.59. The lowest BCUT2D eigenvalue weighted by Crippen LogP contribution is -2.09. The Kier molecular flexibility index (Phi) is 2.83. The first kappa shape index (κ1) is 12.2. The predicted octanol–water partition coefficient (Wildman–Crippen LogP) is -0.236. The summed E-state index contributed by atoms with van der Waals surface area (Å²) >= 11 is 0. The van der Waals surface area contributed by atoms with Gasteiger partial charge in [0, 0.05) is 6.26 Å². The van der Waals surface area contributed by atoms with Crippen LogP contribution in [0.15, 0.2) is 29.6 Å². The molecule has 2 aromatic heterocycles. The zero-order valence-electron chi connectivity index (χ0n) is 9.18. The smallest absolute Gasteiger partial charge is 0.339 e. The summed E-state index contributed by atoms with van der Waals surface area (Å²) in [5.74, 6) is -1.24. The molecule has 8 nitrogen and oxygen atoms in total. The highest BCUT2D eigenvalue weighted by molar-refractivity contribution is 7.90. The minimum Gasteiger partial charge on any atom is -0.478 e. The van der Waals surface area contributed by atoms with E-state index in [1.165, 1.54) is 18.5 Å². The second-order valence-electron chi connectivity index (χ2n) is 3.47. The van der Waals surface area contributed by atoms with Crippen LogP contribution in [0.4, 0.5) is 0 Å². The molecule has 94 valence electrons. The standard InChI is InChI=1S/C9H8N4O4S/c1-18(16,17)6-4-11-13(5-6)8-7(9(14)15)2-3-10-12-8/h2-5H,1H3,(H,14,15). The fourth-order valence-corrected chi connectivity index (χ4v) is 1.80. The number of carbonyl (C=O) groups is 1. The molecule has 0 aromatic carbocycles. The number of hydrogen-bond donors (Lipinski definition) is 1.